The van der Waals surface area contributed by atoms with Crippen LogP contribution in [0.4, 0.5) is 0 Å². The largest absolute Gasteiger partial charge is 0.326 e. The van der Waals surface area contributed by atoms with Gasteiger partial charge in [-0.1, -0.05) is 12.1 Å². The van der Waals surface area contributed by atoms with Gasteiger partial charge >= 0.3 is 0 Å². The molecular formula is C11H14N4. The molecule has 15 heavy (non-hydrogen) atoms. The Morgan fingerprint density at radius 3 is 2.73 bits per heavy atom. The van der Waals surface area contributed by atoms with Gasteiger partial charge in [0.15, 0.2) is 0 Å². The van der Waals surface area contributed by atoms with Crippen LogP contribution in [-0.2, 0) is 13.1 Å². The quantitative estimate of drug-likeness (QED) is 0.773. The van der Waals surface area contributed by atoms with Crippen molar-refractivity contribution in [2.75, 3.05) is 0 Å². The van der Waals surface area contributed by atoms with Crippen molar-refractivity contribution >= 4 is 0 Å². The fourth-order valence-corrected chi connectivity index (χ4v) is 1.53. The number of rotatable bonds is 3. The highest BCUT2D eigenvalue weighted by Crippen LogP contribution is 2.11. The molecule has 2 aromatic rings. The zero-order valence-electron chi connectivity index (χ0n) is 8.43. The summed E-state index contributed by atoms with van der Waals surface area (Å²) >= 11 is 0. The van der Waals surface area contributed by atoms with Crippen molar-refractivity contribution in [1.82, 2.24) is 9.78 Å². The average Bonchev–Trinajstić information content (AvgIpc) is 2.77. The molecule has 1 aromatic carbocycles. The first-order chi connectivity index (χ1) is 7.35. The summed E-state index contributed by atoms with van der Waals surface area (Å²) in [5.74, 6) is 0. The topological polar surface area (TPSA) is 69.9 Å². The molecule has 0 aliphatic rings. The molecule has 0 unspecified atom stereocenters. The molecule has 0 saturated carbocycles. The molecule has 0 atom stereocenters. The molecule has 0 aliphatic heterocycles. The number of hydrogen-bond acceptors (Lipinski definition) is 3. The highest BCUT2D eigenvalue weighted by atomic mass is 15.3. The van der Waals surface area contributed by atoms with Crippen molar-refractivity contribution < 1.29 is 0 Å². The highest BCUT2D eigenvalue weighted by molar-refractivity contribution is 5.36. The fraction of sp³-hybridized carbons (Fsp3) is 0.182. The maximum absolute atomic E-state index is 5.62. The van der Waals surface area contributed by atoms with Gasteiger partial charge in [-0.2, -0.15) is 5.10 Å². The maximum Gasteiger partial charge on any atom is 0.0652 e. The van der Waals surface area contributed by atoms with E-state index in [9.17, 15) is 0 Å². The minimum atomic E-state index is 0.479. The third-order valence-corrected chi connectivity index (χ3v) is 2.32. The van der Waals surface area contributed by atoms with Crippen LogP contribution in [0.25, 0.3) is 5.69 Å². The third kappa shape index (κ3) is 1.91. The summed E-state index contributed by atoms with van der Waals surface area (Å²) in [4.78, 5) is 0. The lowest BCUT2D eigenvalue weighted by Crippen LogP contribution is -2.07. The van der Waals surface area contributed by atoms with Crippen LogP contribution in [0.3, 0.4) is 0 Å². The Morgan fingerprint density at radius 1 is 1.13 bits per heavy atom. The highest BCUT2D eigenvalue weighted by Gasteiger charge is 2.03. The predicted octanol–water partition coefficient (Wildman–Crippen LogP) is 0.790. The summed E-state index contributed by atoms with van der Waals surface area (Å²) in [5.41, 5.74) is 14.3. The van der Waals surface area contributed by atoms with Gasteiger partial charge in [-0.05, 0) is 23.8 Å². The lowest BCUT2D eigenvalue weighted by molar-refractivity contribution is 0.802. The first-order valence-electron chi connectivity index (χ1n) is 4.87. The van der Waals surface area contributed by atoms with Crippen molar-refractivity contribution in [2.24, 2.45) is 11.5 Å². The lowest BCUT2D eigenvalue weighted by atomic mass is 10.2. The van der Waals surface area contributed by atoms with Crippen LogP contribution in [0.2, 0.25) is 0 Å². The molecule has 1 aromatic heterocycles. The number of hydrogen-bond donors (Lipinski definition) is 2. The van der Waals surface area contributed by atoms with E-state index in [1.165, 1.54) is 0 Å². The van der Waals surface area contributed by atoms with Crippen LogP contribution in [0.5, 0.6) is 0 Å². The zero-order chi connectivity index (χ0) is 10.7. The van der Waals surface area contributed by atoms with Gasteiger partial charge in [-0.3, -0.25) is 0 Å². The maximum atomic E-state index is 5.62. The van der Waals surface area contributed by atoms with E-state index in [2.05, 4.69) is 5.10 Å². The van der Waals surface area contributed by atoms with Crippen LogP contribution >= 0.6 is 0 Å². The van der Waals surface area contributed by atoms with E-state index in [4.69, 9.17) is 11.5 Å². The van der Waals surface area contributed by atoms with E-state index in [1.54, 1.807) is 6.20 Å². The first kappa shape index (κ1) is 9.89. The average molecular weight is 202 g/mol. The van der Waals surface area contributed by atoms with Gasteiger partial charge in [0.05, 0.1) is 11.4 Å². The smallest absolute Gasteiger partial charge is 0.0652 e. The molecule has 0 radical (unpaired) electrons. The number of nitrogens with zero attached hydrogens (tertiary/aromatic N) is 2. The second-order valence-electron chi connectivity index (χ2n) is 3.31. The molecule has 0 bridgehead atoms. The van der Waals surface area contributed by atoms with Crippen LogP contribution < -0.4 is 11.5 Å². The van der Waals surface area contributed by atoms with Gasteiger partial charge in [0.1, 0.15) is 0 Å². The van der Waals surface area contributed by atoms with Gasteiger partial charge in [0.25, 0.3) is 0 Å². The summed E-state index contributed by atoms with van der Waals surface area (Å²) in [6, 6.07) is 9.89. The van der Waals surface area contributed by atoms with E-state index in [1.807, 2.05) is 35.0 Å². The van der Waals surface area contributed by atoms with Crippen LogP contribution in [0.15, 0.2) is 36.5 Å². The molecule has 0 fully saturated rings. The van der Waals surface area contributed by atoms with Gasteiger partial charge in [-0.25, -0.2) is 4.68 Å². The number of benzene rings is 1. The first-order valence-corrected chi connectivity index (χ1v) is 4.87. The van der Waals surface area contributed by atoms with Gasteiger partial charge < -0.3 is 11.5 Å². The van der Waals surface area contributed by atoms with Crippen LogP contribution in [0, 0.1) is 0 Å². The Bertz CT molecular complexity index is 447. The predicted molar refractivity (Wildman–Crippen MR) is 59.3 cm³/mol. The number of nitrogens with two attached hydrogens (primary N) is 2. The van der Waals surface area contributed by atoms with Gasteiger partial charge in [0.2, 0.25) is 0 Å². The van der Waals surface area contributed by atoms with Crippen molar-refractivity contribution in [1.29, 1.82) is 0 Å². The number of aromatic nitrogens is 2. The molecule has 0 spiro atoms. The van der Waals surface area contributed by atoms with E-state index in [0.717, 1.165) is 16.9 Å². The molecule has 0 aliphatic carbocycles. The van der Waals surface area contributed by atoms with Crippen molar-refractivity contribution in [3.05, 3.63) is 47.8 Å². The van der Waals surface area contributed by atoms with Crippen LogP contribution in [-0.4, -0.2) is 9.78 Å². The molecule has 78 valence electrons. The van der Waals surface area contributed by atoms with E-state index < -0.39 is 0 Å². The molecule has 0 amide bonds. The van der Waals surface area contributed by atoms with E-state index in [-0.39, 0.29) is 0 Å². The summed E-state index contributed by atoms with van der Waals surface area (Å²) in [7, 11) is 0. The minimum absolute atomic E-state index is 0.479. The summed E-state index contributed by atoms with van der Waals surface area (Å²) in [6.07, 6.45) is 1.75. The van der Waals surface area contributed by atoms with Crippen LogP contribution in [0.1, 0.15) is 11.3 Å². The van der Waals surface area contributed by atoms with Crippen molar-refractivity contribution in [2.45, 2.75) is 13.1 Å². The Hall–Kier alpha value is -1.65. The molecular weight excluding hydrogens is 188 g/mol. The molecule has 4 heteroatoms. The van der Waals surface area contributed by atoms with Gasteiger partial charge in [-0.15, -0.1) is 0 Å². The fourth-order valence-electron chi connectivity index (χ4n) is 1.53. The monoisotopic (exact) mass is 202 g/mol. The molecule has 4 nitrogen and oxygen atoms in total. The molecule has 1 heterocycles. The second-order valence-corrected chi connectivity index (χ2v) is 3.31. The third-order valence-electron chi connectivity index (χ3n) is 2.32. The van der Waals surface area contributed by atoms with Gasteiger partial charge in [0, 0.05) is 19.3 Å². The van der Waals surface area contributed by atoms with E-state index >= 15 is 0 Å². The molecule has 2 rings (SSSR count). The Labute approximate surface area is 88.5 Å². The SMILES string of the molecule is NCc1cccc(-n2nccc2CN)c1. The van der Waals surface area contributed by atoms with E-state index in [0.29, 0.717) is 13.1 Å². The summed E-state index contributed by atoms with van der Waals surface area (Å²) < 4.78 is 1.83. The minimum Gasteiger partial charge on any atom is -0.326 e. The second kappa shape index (κ2) is 4.25. The Balaban J connectivity index is 2.44. The zero-order valence-corrected chi connectivity index (χ0v) is 8.43. The summed E-state index contributed by atoms with van der Waals surface area (Å²) in [6.45, 7) is 1.01. The standard InChI is InChI=1S/C11H14N4/c12-7-9-2-1-3-10(6-9)15-11(8-13)4-5-14-15/h1-6H,7-8,12-13H2. The van der Waals surface area contributed by atoms with Crippen molar-refractivity contribution in [3.63, 3.8) is 0 Å². The lowest BCUT2D eigenvalue weighted by Gasteiger charge is -2.07. The Kier molecular flexibility index (Phi) is 2.80. The summed E-state index contributed by atoms with van der Waals surface area (Å²) in [5, 5.41) is 4.23. The molecule has 4 N–H and O–H groups in total. The normalized spacial score (nSPS) is 10.5. The Morgan fingerprint density at radius 2 is 2.00 bits per heavy atom. The van der Waals surface area contributed by atoms with Crippen molar-refractivity contribution in [3.8, 4) is 5.69 Å². The molecule has 0 saturated heterocycles.